The molecule has 0 aromatic heterocycles. The fraction of sp³-hybridized carbons (Fsp3) is 0.316. The van der Waals surface area contributed by atoms with Crippen LogP contribution in [-0.4, -0.2) is 50.1 Å². The predicted octanol–water partition coefficient (Wildman–Crippen LogP) is 1.10. The Kier molecular flexibility index (Phi) is 5.76. The lowest BCUT2D eigenvalue weighted by atomic mass is 9.99. The summed E-state index contributed by atoms with van der Waals surface area (Å²) in [6.07, 6.45) is 2.85. The van der Waals surface area contributed by atoms with Gasteiger partial charge in [-0.25, -0.2) is 4.79 Å². The number of carboxylic acids is 1. The maximum Gasteiger partial charge on any atom is 0.352 e. The maximum atomic E-state index is 12.6. The van der Waals surface area contributed by atoms with E-state index in [0.717, 1.165) is 0 Å². The average molecular weight is 403 g/mol. The van der Waals surface area contributed by atoms with Gasteiger partial charge in [-0.2, -0.15) is 0 Å². The Bertz CT molecular complexity index is 852. The molecule has 2 amide bonds. The van der Waals surface area contributed by atoms with Crippen LogP contribution in [0.5, 0.6) is 5.75 Å². The van der Waals surface area contributed by atoms with Crippen molar-refractivity contribution in [2.75, 3.05) is 5.75 Å². The molecule has 0 saturated carbocycles. The standard InChI is InChI=1S/C19H21N3O5S/c1-2-3-4-11-9-28-18-14(17(25)22(18)15(11)19(26)27)21-16(24)13(20)10-5-7-12(23)8-6-10/h2,5-8,13-14,18,23H,1,3-4,9,20H2,(H,21,24)(H,26,27)/t13?,14?,18-/m0/s1. The van der Waals surface area contributed by atoms with E-state index in [1.807, 2.05) is 0 Å². The van der Waals surface area contributed by atoms with E-state index >= 15 is 0 Å². The van der Waals surface area contributed by atoms with Gasteiger partial charge in [-0.15, -0.1) is 18.3 Å². The molecule has 2 heterocycles. The number of aromatic hydroxyl groups is 1. The van der Waals surface area contributed by atoms with E-state index in [2.05, 4.69) is 11.9 Å². The largest absolute Gasteiger partial charge is 0.508 e. The highest BCUT2D eigenvalue weighted by Crippen LogP contribution is 2.41. The minimum Gasteiger partial charge on any atom is -0.508 e. The van der Waals surface area contributed by atoms with Crippen molar-refractivity contribution in [2.24, 2.45) is 5.73 Å². The topological polar surface area (TPSA) is 133 Å². The number of hydrogen-bond donors (Lipinski definition) is 4. The minimum atomic E-state index is -1.15. The van der Waals surface area contributed by atoms with Crippen molar-refractivity contribution in [1.29, 1.82) is 0 Å². The van der Waals surface area contributed by atoms with Crippen LogP contribution in [-0.2, 0) is 14.4 Å². The summed E-state index contributed by atoms with van der Waals surface area (Å²) in [6, 6.07) is 4.07. The second-order valence-corrected chi connectivity index (χ2v) is 7.65. The molecule has 0 bridgehead atoms. The van der Waals surface area contributed by atoms with E-state index in [4.69, 9.17) is 5.73 Å². The van der Waals surface area contributed by atoms with Gasteiger partial charge in [0.15, 0.2) is 0 Å². The lowest BCUT2D eigenvalue weighted by Gasteiger charge is -2.49. The summed E-state index contributed by atoms with van der Waals surface area (Å²) in [5.74, 6) is -1.62. The molecule has 2 aliphatic rings. The summed E-state index contributed by atoms with van der Waals surface area (Å²) in [5, 5.41) is 21.0. The molecule has 0 spiro atoms. The first-order valence-electron chi connectivity index (χ1n) is 8.71. The number of carbonyl (C=O) groups excluding carboxylic acids is 2. The molecule has 8 nitrogen and oxygen atoms in total. The van der Waals surface area contributed by atoms with E-state index in [1.54, 1.807) is 6.08 Å². The molecule has 0 radical (unpaired) electrons. The number of hydrogen-bond acceptors (Lipinski definition) is 6. The molecular weight excluding hydrogens is 382 g/mol. The molecule has 3 rings (SSSR count). The molecule has 148 valence electrons. The number of phenols is 1. The van der Waals surface area contributed by atoms with Crippen LogP contribution in [0.4, 0.5) is 0 Å². The fourth-order valence-electron chi connectivity index (χ4n) is 3.23. The van der Waals surface area contributed by atoms with Gasteiger partial charge in [0.1, 0.15) is 28.9 Å². The normalized spacial score (nSPS) is 22.2. The van der Waals surface area contributed by atoms with Crippen molar-refractivity contribution in [3.05, 3.63) is 53.8 Å². The summed E-state index contributed by atoms with van der Waals surface area (Å²) in [7, 11) is 0. The van der Waals surface area contributed by atoms with Gasteiger partial charge in [-0.1, -0.05) is 18.2 Å². The molecule has 28 heavy (non-hydrogen) atoms. The van der Waals surface area contributed by atoms with Gasteiger partial charge in [-0.3, -0.25) is 14.5 Å². The number of nitrogens with one attached hydrogen (secondary N) is 1. The number of allylic oxidation sites excluding steroid dienone is 1. The van der Waals surface area contributed by atoms with Gasteiger partial charge in [0.05, 0.1) is 0 Å². The minimum absolute atomic E-state index is 0.00364. The summed E-state index contributed by atoms with van der Waals surface area (Å²) in [4.78, 5) is 38.0. The van der Waals surface area contributed by atoms with Crippen LogP contribution in [0.2, 0.25) is 0 Å². The second kappa shape index (κ2) is 8.07. The number of amides is 2. The van der Waals surface area contributed by atoms with Crippen LogP contribution in [0.3, 0.4) is 0 Å². The maximum absolute atomic E-state index is 12.6. The first-order valence-corrected chi connectivity index (χ1v) is 9.75. The van der Waals surface area contributed by atoms with Gasteiger partial charge < -0.3 is 21.3 Å². The smallest absolute Gasteiger partial charge is 0.352 e. The zero-order valence-electron chi connectivity index (χ0n) is 15.0. The van der Waals surface area contributed by atoms with Crippen LogP contribution < -0.4 is 11.1 Å². The Balaban J connectivity index is 1.72. The highest BCUT2D eigenvalue weighted by molar-refractivity contribution is 8.00. The number of carboxylic acid groups (broad SMARTS) is 1. The Hall–Kier alpha value is -2.78. The van der Waals surface area contributed by atoms with Gasteiger partial charge >= 0.3 is 5.97 Å². The van der Waals surface area contributed by atoms with E-state index in [9.17, 15) is 24.6 Å². The second-order valence-electron chi connectivity index (χ2n) is 6.55. The highest BCUT2D eigenvalue weighted by Gasteiger charge is 2.54. The quantitative estimate of drug-likeness (QED) is 0.396. The molecular formula is C19H21N3O5S. The molecule has 3 atom stereocenters. The third-order valence-electron chi connectivity index (χ3n) is 4.73. The van der Waals surface area contributed by atoms with Crippen LogP contribution in [0.1, 0.15) is 24.4 Å². The van der Waals surface area contributed by atoms with Gasteiger partial charge in [0, 0.05) is 5.75 Å². The average Bonchev–Trinajstić information content (AvgIpc) is 2.69. The number of benzene rings is 1. The lowest BCUT2D eigenvalue weighted by molar-refractivity contribution is -0.150. The third kappa shape index (κ3) is 3.63. The van der Waals surface area contributed by atoms with Crippen molar-refractivity contribution in [2.45, 2.75) is 30.3 Å². The number of rotatable bonds is 7. The summed E-state index contributed by atoms with van der Waals surface area (Å²) in [5.41, 5.74) is 7.13. The number of nitrogens with zero attached hydrogens (tertiary/aromatic N) is 1. The van der Waals surface area contributed by atoms with Crippen molar-refractivity contribution >= 4 is 29.5 Å². The zero-order chi connectivity index (χ0) is 20.4. The molecule has 2 unspecified atom stereocenters. The Labute approximate surface area is 166 Å². The fourth-order valence-corrected chi connectivity index (χ4v) is 4.62. The highest BCUT2D eigenvalue weighted by atomic mass is 32.2. The number of aliphatic carboxylic acids is 1. The monoisotopic (exact) mass is 403 g/mol. The Morgan fingerprint density at radius 2 is 2.07 bits per heavy atom. The van der Waals surface area contributed by atoms with Gasteiger partial charge in [0.25, 0.3) is 5.91 Å². The molecule has 1 aromatic rings. The van der Waals surface area contributed by atoms with E-state index in [0.29, 0.717) is 29.7 Å². The number of phenolic OH excluding ortho intramolecular Hbond substituents is 1. The number of β-lactam (4-membered cyclic amide) rings is 1. The van der Waals surface area contributed by atoms with Crippen molar-refractivity contribution in [1.82, 2.24) is 10.2 Å². The first kappa shape index (κ1) is 20.0. The van der Waals surface area contributed by atoms with Crippen molar-refractivity contribution in [3.63, 3.8) is 0 Å². The Morgan fingerprint density at radius 1 is 1.39 bits per heavy atom. The van der Waals surface area contributed by atoms with Crippen molar-refractivity contribution < 1.29 is 24.6 Å². The number of nitrogens with two attached hydrogens (primary N) is 1. The van der Waals surface area contributed by atoms with E-state index in [1.165, 1.54) is 40.9 Å². The summed E-state index contributed by atoms with van der Waals surface area (Å²) >= 11 is 1.42. The number of thioether (sulfide) groups is 1. The molecule has 1 saturated heterocycles. The Morgan fingerprint density at radius 3 is 2.68 bits per heavy atom. The van der Waals surface area contributed by atoms with Crippen molar-refractivity contribution in [3.8, 4) is 5.75 Å². The zero-order valence-corrected chi connectivity index (χ0v) is 15.8. The van der Waals surface area contributed by atoms with Gasteiger partial charge in [0.2, 0.25) is 5.91 Å². The van der Waals surface area contributed by atoms with E-state index < -0.39 is 35.2 Å². The summed E-state index contributed by atoms with van der Waals surface area (Å²) in [6.45, 7) is 3.64. The molecule has 2 aliphatic heterocycles. The SMILES string of the molecule is C=CCCC1=C(C(=O)O)N2C(=O)C(NC(=O)C(N)c3ccc(O)cc3)[C@@H]2SC1. The molecule has 9 heteroatoms. The van der Waals surface area contributed by atoms with Gasteiger partial charge in [-0.05, 0) is 36.1 Å². The summed E-state index contributed by atoms with van der Waals surface area (Å²) < 4.78 is 0. The molecule has 5 N–H and O–H groups in total. The number of fused-ring (bicyclic) bond motifs is 1. The molecule has 1 fully saturated rings. The number of carbonyl (C=O) groups is 3. The lowest BCUT2D eigenvalue weighted by Crippen LogP contribution is -2.71. The first-order chi connectivity index (χ1) is 13.3. The van der Waals surface area contributed by atoms with Crippen LogP contribution in [0.15, 0.2) is 48.2 Å². The third-order valence-corrected chi connectivity index (χ3v) is 6.07. The van der Waals surface area contributed by atoms with Crippen LogP contribution in [0.25, 0.3) is 0 Å². The van der Waals surface area contributed by atoms with Crippen LogP contribution >= 0.6 is 11.8 Å². The molecule has 1 aromatic carbocycles. The van der Waals surface area contributed by atoms with E-state index in [-0.39, 0.29) is 11.4 Å². The predicted molar refractivity (Wildman–Crippen MR) is 104 cm³/mol. The molecule has 0 aliphatic carbocycles. The van der Waals surface area contributed by atoms with Crippen LogP contribution in [0, 0.1) is 0 Å².